The topological polar surface area (TPSA) is 76.4 Å². The Bertz CT molecular complexity index is 537. The van der Waals surface area contributed by atoms with Crippen molar-refractivity contribution in [3.8, 4) is 0 Å². The van der Waals surface area contributed by atoms with Gasteiger partial charge in [-0.25, -0.2) is 4.79 Å². The molecule has 0 heterocycles. The molecule has 0 bridgehead atoms. The Morgan fingerprint density at radius 3 is 2.82 bits per heavy atom. The summed E-state index contributed by atoms with van der Waals surface area (Å²) in [6.07, 6.45) is 1.65. The molecule has 122 valence electrons. The zero-order chi connectivity index (χ0) is 16.3. The predicted octanol–water partition coefficient (Wildman–Crippen LogP) is 2.96. The van der Waals surface area contributed by atoms with Crippen molar-refractivity contribution in [1.82, 2.24) is 5.32 Å². The number of anilines is 1. The van der Waals surface area contributed by atoms with E-state index in [0.29, 0.717) is 18.6 Å². The largest absolute Gasteiger partial charge is 0.444 e. The summed E-state index contributed by atoms with van der Waals surface area (Å²) < 4.78 is 5.27. The highest BCUT2D eigenvalue weighted by atomic mass is 16.6. The first-order chi connectivity index (χ1) is 10.3. The lowest BCUT2D eigenvalue weighted by Gasteiger charge is -2.20. The number of nitrogens with one attached hydrogen (secondary N) is 2. The van der Waals surface area contributed by atoms with Crippen LogP contribution in [0.2, 0.25) is 0 Å². The molecule has 5 nitrogen and oxygen atoms in total. The molecule has 22 heavy (non-hydrogen) atoms. The van der Waals surface area contributed by atoms with Gasteiger partial charge in [0.15, 0.2) is 0 Å². The number of aryl methyl sites for hydroxylation is 1. The summed E-state index contributed by atoms with van der Waals surface area (Å²) in [6.45, 7) is 8.28. The van der Waals surface area contributed by atoms with E-state index in [9.17, 15) is 4.79 Å². The number of carbonyl (C=O) groups is 1. The molecule has 0 spiro atoms. The molecule has 0 aromatic heterocycles. The van der Waals surface area contributed by atoms with E-state index in [1.54, 1.807) is 0 Å². The van der Waals surface area contributed by atoms with Crippen LogP contribution in [0.25, 0.3) is 0 Å². The van der Waals surface area contributed by atoms with Crippen LogP contribution >= 0.6 is 0 Å². The number of carbonyl (C=O) groups excluding carboxylic acids is 1. The quantitative estimate of drug-likeness (QED) is 0.799. The Kier molecular flexibility index (Phi) is 5.08. The fourth-order valence-corrected chi connectivity index (χ4v) is 2.70. The van der Waals surface area contributed by atoms with Crippen molar-refractivity contribution in [3.05, 3.63) is 29.3 Å². The maximum Gasteiger partial charge on any atom is 0.412 e. The molecular formula is C17H27N3O2. The summed E-state index contributed by atoms with van der Waals surface area (Å²) in [5.41, 5.74) is 8.54. The van der Waals surface area contributed by atoms with E-state index in [0.717, 1.165) is 18.5 Å². The standard InChI is InChI=1S/C17H27N3O2/c1-11(10-18)19-15-8-5-12-9-13(6-7-14(12)15)20-16(21)22-17(2,3)4/h6-7,9,11,15,19H,5,8,10,18H2,1-4H3,(H,20,21). The zero-order valence-electron chi connectivity index (χ0n) is 13.9. The second kappa shape index (κ2) is 6.67. The minimum Gasteiger partial charge on any atom is -0.444 e. The Morgan fingerprint density at radius 1 is 1.45 bits per heavy atom. The summed E-state index contributed by atoms with van der Waals surface area (Å²) in [7, 11) is 0. The minimum atomic E-state index is -0.492. The van der Waals surface area contributed by atoms with Gasteiger partial charge in [-0.05, 0) is 63.8 Å². The average molecular weight is 305 g/mol. The molecule has 0 saturated carbocycles. The normalized spacial score (nSPS) is 18.7. The van der Waals surface area contributed by atoms with Crippen LogP contribution in [0.4, 0.5) is 10.5 Å². The maximum absolute atomic E-state index is 11.8. The molecule has 1 aromatic carbocycles. The number of hydrogen-bond donors (Lipinski definition) is 3. The van der Waals surface area contributed by atoms with Crippen LogP contribution in [-0.2, 0) is 11.2 Å². The summed E-state index contributed by atoms with van der Waals surface area (Å²) in [5, 5.41) is 6.33. The highest BCUT2D eigenvalue weighted by Gasteiger charge is 2.24. The lowest BCUT2D eigenvalue weighted by molar-refractivity contribution is 0.0636. The molecule has 0 fully saturated rings. The van der Waals surface area contributed by atoms with Crippen molar-refractivity contribution >= 4 is 11.8 Å². The molecule has 4 N–H and O–H groups in total. The van der Waals surface area contributed by atoms with Crippen molar-refractivity contribution in [2.24, 2.45) is 5.73 Å². The highest BCUT2D eigenvalue weighted by Crippen LogP contribution is 2.33. The molecule has 2 atom stereocenters. The Morgan fingerprint density at radius 2 is 2.18 bits per heavy atom. The molecule has 1 aliphatic carbocycles. The van der Waals surface area contributed by atoms with E-state index in [1.807, 2.05) is 32.9 Å². The SMILES string of the molecule is CC(CN)NC1CCc2cc(NC(=O)OC(C)(C)C)ccc21. The van der Waals surface area contributed by atoms with Crippen molar-refractivity contribution in [2.45, 2.75) is 58.2 Å². The highest BCUT2D eigenvalue weighted by molar-refractivity contribution is 5.85. The van der Waals surface area contributed by atoms with Crippen LogP contribution in [-0.4, -0.2) is 24.3 Å². The first kappa shape index (κ1) is 16.8. The first-order valence-corrected chi connectivity index (χ1v) is 7.87. The minimum absolute atomic E-state index is 0.301. The van der Waals surface area contributed by atoms with Crippen LogP contribution in [0.1, 0.15) is 51.3 Å². The van der Waals surface area contributed by atoms with Crippen LogP contribution in [0.5, 0.6) is 0 Å². The second-order valence-corrected chi connectivity index (χ2v) is 6.94. The lowest BCUT2D eigenvalue weighted by atomic mass is 10.1. The van der Waals surface area contributed by atoms with Gasteiger partial charge in [-0.15, -0.1) is 0 Å². The molecule has 2 rings (SSSR count). The summed E-state index contributed by atoms with van der Waals surface area (Å²) >= 11 is 0. The summed E-state index contributed by atoms with van der Waals surface area (Å²) in [6, 6.07) is 6.69. The van der Waals surface area contributed by atoms with E-state index in [4.69, 9.17) is 10.5 Å². The van der Waals surface area contributed by atoms with Gasteiger partial charge in [0.25, 0.3) is 0 Å². The van der Waals surface area contributed by atoms with Crippen molar-refractivity contribution in [1.29, 1.82) is 0 Å². The Labute approximate surface area is 132 Å². The molecular weight excluding hydrogens is 278 g/mol. The number of rotatable bonds is 4. The summed E-state index contributed by atoms with van der Waals surface area (Å²) in [4.78, 5) is 11.8. The molecule has 0 radical (unpaired) electrons. The van der Waals surface area contributed by atoms with Gasteiger partial charge in [0.05, 0.1) is 0 Å². The molecule has 5 heteroatoms. The third-order valence-electron chi connectivity index (χ3n) is 3.71. The number of amides is 1. The number of fused-ring (bicyclic) bond motifs is 1. The van der Waals surface area contributed by atoms with Gasteiger partial charge < -0.3 is 15.8 Å². The lowest BCUT2D eigenvalue weighted by Crippen LogP contribution is -2.35. The van der Waals surface area contributed by atoms with Gasteiger partial charge in [-0.3, -0.25) is 5.32 Å². The zero-order valence-corrected chi connectivity index (χ0v) is 13.9. The van der Waals surface area contributed by atoms with Gasteiger partial charge in [0.2, 0.25) is 0 Å². The van der Waals surface area contributed by atoms with E-state index >= 15 is 0 Å². The molecule has 1 aromatic rings. The smallest absolute Gasteiger partial charge is 0.412 e. The number of ether oxygens (including phenoxy) is 1. The third kappa shape index (κ3) is 4.45. The van der Waals surface area contributed by atoms with Gasteiger partial charge in [0.1, 0.15) is 5.60 Å². The van der Waals surface area contributed by atoms with Gasteiger partial charge in [-0.2, -0.15) is 0 Å². The van der Waals surface area contributed by atoms with E-state index in [-0.39, 0.29) is 0 Å². The van der Waals surface area contributed by atoms with Crippen molar-refractivity contribution < 1.29 is 9.53 Å². The average Bonchev–Trinajstić information content (AvgIpc) is 2.78. The van der Waals surface area contributed by atoms with E-state index in [2.05, 4.69) is 23.6 Å². The first-order valence-electron chi connectivity index (χ1n) is 7.87. The monoisotopic (exact) mass is 305 g/mol. The Hall–Kier alpha value is -1.59. The van der Waals surface area contributed by atoms with Gasteiger partial charge in [0, 0.05) is 24.3 Å². The molecule has 0 saturated heterocycles. The second-order valence-electron chi connectivity index (χ2n) is 6.94. The molecule has 0 aliphatic heterocycles. The fraction of sp³-hybridized carbons (Fsp3) is 0.588. The van der Waals surface area contributed by atoms with Crippen LogP contribution in [0.3, 0.4) is 0 Å². The van der Waals surface area contributed by atoms with Gasteiger partial charge in [-0.1, -0.05) is 6.07 Å². The van der Waals surface area contributed by atoms with E-state index < -0.39 is 11.7 Å². The maximum atomic E-state index is 11.8. The molecule has 2 unspecified atom stereocenters. The van der Waals surface area contributed by atoms with Crippen LogP contribution < -0.4 is 16.4 Å². The van der Waals surface area contributed by atoms with Crippen molar-refractivity contribution in [2.75, 3.05) is 11.9 Å². The molecule has 1 amide bonds. The summed E-state index contributed by atoms with van der Waals surface area (Å²) in [5.74, 6) is 0. The van der Waals surface area contributed by atoms with Crippen LogP contribution in [0.15, 0.2) is 18.2 Å². The number of hydrogen-bond acceptors (Lipinski definition) is 4. The fourth-order valence-electron chi connectivity index (χ4n) is 2.70. The van der Waals surface area contributed by atoms with E-state index in [1.165, 1.54) is 11.1 Å². The van der Waals surface area contributed by atoms with Crippen molar-refractivity contribution in [3.63, 3.8) is 0 Å². The number of nitrogens with two attached hydrogens (primary N) is 1. The molecule has 1 aliphatic rings. The Balaban J connectivity index is 2.02. The van der Waals surface area contributed by atoms with Crippen LogP contribution in [0, 0.1) is 0 Å². The van der Waals surface area contributed by atoms with Gasteiger partial charge >= 0.3 is 6.09 Å². The predicted molar refractivity (Wildman–Crippen MR) is 89.0 cm³/mol. The third-order valence-corrected chi connectivity index (χ3v) is 3.71. The number of benzene rings is 1.